The molecule has 0 bridgehead atoms. The molecule has 1 amide bonds. The first-order chi connectivity index (χ1) is 11.6. The lowest BCUT2D eigenvalue weighted by Crippen LogP contribution is -2.17. The van der Waals surface area contributed by atoms with Crippen LogP contribution in [0.15, 0.2) is 64.2 Å². The molecule has 0 saturated heterocycles. The fraction of sp³-hybridized carbons (Fsp3) is 0. The Labute approximate surface area is 151 Å². The number of phenols is 1. The first-order valence-corrected chi connectivity index (χ1v) is 8.22. The summed E-state index contributed by atoms with van der Waals surface area (Å²) in [6.45, 7) is 0. The van der Waals surface area contributed by atoms with Gasteiger partial charge in [0.25, 0.3) is 5.91 Å². The molecule has 0 radical (unpaired) electrons. The Morgan fingerprint density at radius 2 is 1.88 bits per heavy atom. The molecular weight excluding hydrogens is 392 g/mol. The molecule has 0 saturated carbocycles. The van der Waals surface area contributed by atoms with Crippen LogP contribution in [0, 0.1) is 0 Å². The Morgan fingerprint density at radius 3 is 2.67 bits per heavy atom. The van der Waals surface area contributed by atoms with Crippen LogP contribution in [0.25, 0.3) is 10.8 Å². The fourth-order valence-electron chi connectivity index (χ4n) is 2.28. The first-order valence-electron chi connectivity index (χ1n) is 7.05. The summed E-state index contributed by atoms with van der Waals surface area (Å²) in [5.41, 5.74) is 3.65. The average Bonchev–Trinajstić information content (AvgIpc) is 2.58. The highest BCUT2D eigenvalue weighted by Gasteiger charge is 2.07. The van der Waals surface area contributed by atoms with Crippen LogP contribution in [0.2, 0.25) is 5.02 Å². The van der Waals surface area contributed by atoms with Gasteiger partial charge in [0.15, 0.2) is 0 Å². The predicted molar refractivity (Wildman–Crippen MR) is 99.8 cm³/mol. The number of nitrogens with one attached hydrogen (secondary N) is 1. The van der Waals surface area contributed by atoms with Gasteiger partial charge in [-0.1, -0.05) is 57.9 Å². The van der Waals surface area contributed by atoms with E-state index in [4.69, 9.17) is 11.6 Å². The van der Waals surface area contributed by atoms with Crippen LogP contribution in [0.3, 0.4) is 0 Å². The van der Waals surface area contributed by atoms with Gasteiger partial charge in [0.2, 0.25) is 0 Å². The summed E-state index contributed by atoms with van der Waals surface area (Å²) in [5, 5.41) is 15.6. The molecule has 24 heavy (non-hydrogen) atoms. The maximum absolute atomic E-state index is 12.0. The van der Waals surface area contributed by atoms with Gasteiger partial charge in [-0.2, -0.15) is 5.10 Å². The number of fused-ring (bicyclic) bond motifs is 1. The monoisotopic (exact) mass is 402 g/mol. The molecule has 3 rings (SSSR count). The molecule has 0 heterocycles. The minimum Gasteiger partial charge on any atom is -0.506 e. The van der Waals surface area contributed by atoms with Crippen molar-refractivity contribution >= 4 is 50.4 Å². The third-order valence-corrected chi connectivity index (χ3v) is 4.48. The second kappa shape index (κ2) is 7.03. The molecule has 0 aliphatic carbocycles. The molecule has 3 aromatic carbocycles. The van der Waals surface area contributed by atoms with Gasteiger partial charge in [-0.05, 0) is 35.0 Å². The zero-order valence-corrected chi connectivity index (χ0v) is 14.7. The topological polar surface area (TPSA) is 61.7 Å². The second-order valence-electron chi connectivity index (χ2n) is 5.05. The fourth-order valence-corrected chi connectivity index (χ4v) is 2.96. The number of halogens is 2. The predicted octanol–water partition coefficient (Wildman–Crippen LogP) is 4.73. The van der Waals surface area contributed by atoms with E-state index < -0.39 is 5.91 Å². The Kier molecular flexibility index (Phi) is 4.83. The maximum Gasteiger partial charge on any atom is 0.271 e. The van der Waals surface area contributed by atoms with Gasteiger partial charge in [0.05, 0.1) is 11.2 Å². The molecule has 6 heteroatoms. The normalized spacial score (nSPS) is 11.1. The second-order valence-corrected chi connectivity index (χ2v) is 6.31. The number of rotatable bonds is 3. The number of aromatic hydroxyl groups is 1. The largest absolute Gasteiger partial charge is 0.506 e. The van der Waals surface area contributed by atoms with Crippen LogP contribution >= 0.6 is 27.5 Å². The Bertz CT molecular complexity index is 957. The number of carbonyl (C=O) groups excluding carboxylic acids is 1. The number of benzene rings is 3. The van der Waals surface area contributed by atoms with E-state index in [9.17, 15) is 9.90 Å². The van der Waals surface area contributed by atoms with Crippen molar-refractivity contribution in [3.8, 4) is 5.75 Å². The number of carbonyl (C=O) groups is 1. The van der Waals surface area contributed by atoms with E-state index in [1.54, 1.807) is 6.21 Å². The van der Waals surface area contributed by atoms with Crippen molar-refractivity contribution in [1.29, 1.82) is 0 Å². The number of amides is 1. The van der Waals surface area contributed by atoms with E-state index in [1.807, 2.05) is 36.4 Å². The highest BCUT2D eigenvalue weighted by Crippen LogP contribution is 2.25. The quantitative estimate of drug-likeness (QED) is 0.491. The molecule has 0 aromatic heterocycles. The zero-order valence-electron chi connectivity index (χ0n) is 12.3. The third kappa shape index (κ3) is 3.42. The van der Waals surface area contributed by atoms with Crippen LogP contribution in [-0.4, -0.2) is 17.2 Å². The summed E-state index contributed by atoms with van der Waals surface area (Å²) >= 11 is 9.31. The summed E-state index contributed by atoms with van der Waals surface area (Å²) < 4.78 is 0.998. The molecule has 2 N–H and O–H groups in total. The average molecular weight is 404 g/mol. The van der Waals surface area contributed by atoms with E-state index in [0.717, 1.165) is 20.8 Å². The molecule has 4 nitrogen and oxygen atoms in total. The Hall–Kier alpha value is -2.37. The van der Waals surface area contributed by atoms with Crippen molar-refractivity contribution in [2.75, 3.05) is 0 Å². The Balaban J connectivity index is 1.80. The van der Waals surface area contributed by atoms with E-state index >= 15 is 0 Å². The number of nitrogens with zero attached hydrogens (tertiary/aromatic N) is 1. The maximum atomic E-state index is 12.0. The molecule has 0 aliphatic heterocycles. The molecule has 3 aromatic rings. The molecular formula is C18H12BrClN2O2. The summed E-state index contributed by atoms with van der Waals surface area (Å²) in [5.74, 6) is -0.479. The minimum atomic E-state index is -0.408. The minimum absolute atomic E-state index is 0.0712. The number of hydrazone groups is 1. The number of hydrogen-bond donors (Lipinski definition) is 2. The van der Waals surface area contributed by atoms with E-state index in [0.29, 0.717) is 5.56 Å². The van der Waals surface area contributed by atoms with E-state index in [-0.39, 0.29) is 10.8 Å². The third-order valence-electron chi connectivity index (χ3n) is 3.48. The molecule has 120 valence electrons. The van der Waals surface area contributed by atoms with Crippen molar-refractivity contribution in [3.63, 3.8) is 0 Å². The summed E-state index contributed by atoms with van der Waals surface area (Å²) in [4.78, 5) is 12.0. The first kappa shape index (κ1) is 16.5. The van der Waals surface area contributed by atoms with Crippen molar-refractivity contribution in [2.24, 2.45) is 5.10 Å². The lowest BCUT2D eigenvalue weighted by atomic mass is 10.1. The van der Waals surface area contributed by atoms with Crippen molar-refractivity contribution < 1.29 is 9.90 Å². The summed E-state index contributed by atoms with van der Waals surface area (Å²) in [7, 11) is 0. The lowest BCUT2D eigenvalue weighted by Gasteiger charge is -2.04. The molecule has 0 unspecified atom stereocenters. The highest BCUT2D eigenvalue weighted by molar-refractivity contribution is 9.10. The van der Waals surface area contributed by atoms with Gasteiger partial charge >= 0.3 is 0 Å². The van der Waals surface area contributed by atoms with Crippen LogP contribution in [0.5, 0.6) is 5.75 Å². The van der Waals surface area contributed by atoms with Gasteiger partial charge in [0, 0.05) is 15.6 Å². The van der Waals surface area contributed by atoms with Crippen LogP contribution in [0.1, 0.15) is 15.9 Å². The smallest absolute Gasteiger partial charge is 0.271 e. The number of hydrogen-bond acceptors (Lipinski definition) is 3. The van der Waals surface area contributed by atoms with Gasteiger partial charge in [-0.3, -0.25) is 4.79 Å². The van der Waals surface area contributed by atoms with E-state index in [1.165, 1.54) is 18.2 Å². The standard InChI is InChI=1S/C18H12BrClN2O2/c19-15-6-2-4-13-12(3-1-5-14(13)15)10-21-22-18(24)11-7-8-17(23)16(20)9-11/h1-10,23H,(H,22,24)/b21-10+. The molecule has 0 spiro atoms. The lowest BCUT2D eigenvalue weighted by molar-refractivity contribution is 0.0955. The highest BCUT2D eigenvalue weighted by atomic mass is 79.9. The van der Waals surface area contributed by atoms with Crippen molar-refractivity contribution in [1.82, 2.24) is 5.43 Å². The van der Waals surface area contributed by atoms with Gasteiger partial charge in [-0.25, -0.2) is 5.43 Å². The summed E-state index contributed by atoms with van der Waals surface area (Å²) in [6, 6.07) is 16.0. The van der Waals surface area contributed by atoms with Crippen LogP contribution < -0.4 is 5.43 Å². The van der Waals surface area contributed by atoms with Crippen molar-refractivity contribution in [3.05, 3.63) is 75.2 Å². The molecule has 0 aliphatic rings. The van der Waals surface area contributed by atoms with E-state index in [2.05, 4.69) is 26.5 Å². The zero-order chi connectivity index (χ0) is 17.1. The molecule has 0 atom stereocenters. The van der Waals surface area contributed by atoms with Crippen molar-refractivity contribution in [2.45, 2.75) is 0 Å². The SMILES string of the molecule is O=C(N/N=C/c1cccc2c(Br)cccc12)c1ccc(O)c(Cl)c1. The van der Waals surface area contributed by atoms with Gasteiger partial charge in [0.1, 0.15) is 5.75 Å². The molecule has 0 fully saturated rings. The van der Waals surface area contributed by atoms with Gasteiger partial charge in [-0.15, -0.1) is 0 Å². The summed E-state index contributed by atoms with van der Waals surface area (Å²) in [6.07, 6.45) is 1.59. The number of phenolic OH excluding ortho intramolecular Hbond substituents is 1. The van der Waals surface area contributed by atoms with Crippen LogP contribution in [0.4, 0.5) is 0 Å². The van der Waals surface area contributed by atoms with Gasteiger partial charge < -0.3 is 5.11 Å². The van der Waals surface area contributed by atoms with Crippen LogP contribution in [-0.2, 0) is 0 Å². The Morgan fingerprint density at radius 1 is 1.12 bits per heavy atom.